The predicted octanol–water partition coefficient (Wildman–Crippen LogP) is 5.44. The van der Waals surface area contributed by atoms with Crippen LogP contribution in [0.1, 0.15) is 24.0 Å². The van der Waals surface area contributed by atoms with Gasteiger partial charge < -0.3 is 14.2 Å². The Balaban J connectivity index is 1.42. The van der Waals surface area contributed by atoms with Crippen molar-refractivity contribution in [3.63, 3.8) is 0 Å². The van der Waals surface area contributed by atoms with Crippen LogP contribution in [-0.4, -0.2) is 50.7 Å². The largest absolute Gasteiger partial charge is 0.497 e. The normalized spacial score (nSPS) is 17.3. The van der Waals surface area contributed by atoms with Gasteiger partial charge in [0.05, 0.1) is 18.6 Å². The Morgan fingerprint density at radius 2 is 1.91 bits per heavy atom. The molecule has 0 unspecified atom stereocenters. The number of methoxy groups -OCH3 is 1. The van der Waals surface area contributed by atoms with E-state index < -0.39 is 0 Å². The summed E-state index contributed by atoms with van der Waals surface area (Å²) in [5, 5.41) is 0.981. The van der Waals surface area contributed by atoms with E-state index in [2.05, 4.69) is 15.9 Å². The van der Waals surface area contributed by atoms with Crippen molar-refractivity contribution in [1.82, 2.24) is 14.4 Å². The molecular weight excluding hydrogens is 546 g/mol. The first kappa shape index (κ1) is 24.1. The maximum absolute atomic E-state index is 13.3. The summed E-state index contributed by atoms with van der Waals surface area (Å²) in [7, 11) is 1.62. The van der Waals surface area contributed by atoms with E-state index in [-0.39, 0.29) is 18.4 Å². The van der Waals surface area contributed by atoms with E-state index in [1.54, 1.807) is 12.0 Å². The van der Waals surface area contributed by atoms with E-state index in [1.165, 1.54) is 11.8 Å². The summed E-state index contributed by atoms with van der Waals surface area (Å²) < 4.78 is 8.67. The molecule has 0 atom stereocenters. The Bertz CT molecular complexity index is 1340. The molecule has 6 nitrogen and oxygen atoms in total. The highest BCUT2D eigenvalue weighted by molar-refractivity contribution is 9.10. The third kappa shape index (κ3) is 5.03. The van der Waals surface area contributed by atoms with Crippen LogP contribution >= 0.6 is 39.9 Å². The number of carbonyl (C=O) groups excluding carboxylic acids is 2. The number of carbonyl (C=O) groups is 2. The molecule has 9 heteroatoms. The summed E-state index contributed by atoms with van der Waals surface area (Å²) in [6.45, 7) is 2.34. The zero-order valence-electron chi connectivity index (χ0n) is 19.2. The summed E-state index contributed by atoms with van der Waals surface area (Å²) in [5.41, 5.74) is 2.82. The maximum atomic E-state index is 13.3. The molecule has 0 aliphatic carbocycles. The number of thiocarbonyl (C=S) groups is 1. The molecule has 0 saturated carbocycles. The Kier molecular flexibility index (Phi) is 7.00. The van der Waals surface area contributed by atoms with Gasteiger partial charge >= 0.3 is 0 Å². The van der Waals surface area contributed by atoms with E-state index in [9.17, 15) is 9.59 Å². The fourth-order valence-electron chi connectivity index (χ4n) is 4.45. The first-order chi connectivity index (χ1) is 16.9. The summed E-state index contributed by atoms with van der Waals surface area (Å²) in [6.07, 6.45) is 5.98. The van der Waals surface area contributed by atoms with Crippen molar-refractivity contribution in [3.8, 4) is 5.75 Å². The lowest BCUT2D eigenvalue weighted by Gasteiger charge is -2.16. The van der Waals surface area contributed by atoms with Crippen LogP contribution in [0.3, 0.4) is 0 Å². The molecular formula is C26H24BrN3O3S2. The summed E-state index contributed by atoms with van der Waals surface area (Å²) in [6, 6.07) is 13.6. The molecule has 2 amide bonds. The Morgan fingerprint density at radius 1 is 1.17 bits per heavy atom. The number of hydrogen-bond acceptors (Lipinski definition) is 5. The molecule has 0 bridgehead atoms. The molecule has 3 aromatic rings. The van der Waals surface area contributed by atoms with Gasteiger partial charge in [-0.3, -0.25) is 14.5 Å². The van der Waals surface area contributed by atoms with Crippen LogP contribution in [0.5, 0.6) is 5.75 Å². The first-order valence-corrected chi connectivity index (χ1v) is 13.4. The predicted molar refractivity (Wildman–Crippen MR) is 147 cm³/mol. The number of thioether (sulfide) groups is 1. The minimum absolute atomic E-state index is 0.111. The lowest BCUT2D eigenvalue weighted by atomic mass is 10.1. The molecule has 2 aromatic carbocycles. The third-order valence-electron chi connectivity index (χ3n) is 6.30. The van der Waals surface area contributed by atoms with Crippen LogP contribution in [0, 0.1) is 0 Å². The smallest absolute Gasteiger partial charge is 0.266 e. The Hall–Kier alpha value is -2.62. The highest BCUT2D eigenvalue weighted by Crippen LogP contribution is 2.36. The standard InChI is InChI=1S/C26H24BrN3O3S2/c1-33-20-7-4-17(5-8-20)14-30-25(32)23(35-26(30)34)12-18-15-29(16-24(31)28-10-2-3-11-28)22-9-6-19(27)13-21(18)22/h4-9,12-13,15H,2-3,10-11,14,16H2,1H3/b23-12-. The van der Waals surface area contributed by atoms with E-state index in [1.807, 2.05) is 64.2 Å². The average Bonchev–Trinajstić information content (AvgIpc) is 3.56. The third-order valence-corrected chi connectivity index (χ3v) is 8.17. The van der Waals surface area contributed by atoms with Crippen LogP contribution in [0.2, 0.25) is 0 Å². The molecule has 180 valence electrons. The zero-order valence-corrected chi connectivity index (χ0v) is 22.4. The van der Waals surface area contributed by atoms with Crippen molar-refractivity contribution >= 4 is 73.0 Å². The van der Waals surface area contributed by atoms with Crippen LogP contribution < -0.4 is 4.74 Å². The minimum Gasteiger partial charge on any atom is -0.497 e. The van der Waals surface area contributed by atoms with Crippen LogP contribution in [0.15, 0.2) is 58.0 Å². The molecule has 0 radical (unpaired) electrons. The minimum atomic E-state index is -0.111. The number of rotatable bonds is 6. The number of amides is 2. The molecule has 1 aromatic heterocycles. The van der Waals surface area contributed by atoms with Crippen LogP contribution in [0.4, 0.5) is 0 Å². The number of ether oxygens (including phenoxy) is 1. The van der Waals surface area contributed by atoms with Crippen molar-refractivity contribution in [3.05, 3.63) is 69.2 Å². The van der Waals surface area contributed by atoms with Crippen molar-refractivity contribution in [2.45, 2.75) is 25.9 Å². The van der Waals surface area contributed by atoms with Gasteiger partial charge in [0, 0.05) is 40.2 Å². The fraction of sp³-hybridized carbons (Fsp3) is 0.269. The van der Waals surface area contributed by atoms with Gasteiger partial charge in [-0.05, 0) is 54.8 Å². The summed E-state index contributed by atoms with van der Waals surface area (Å²) in [4.78, 5) is 30.2. The van der Waals surface area contributed by atoms with E-state index in [0.717, 1.165) is 58.2 Å². The quantitative estimate of drug-likeness (QED) is 0.292. The topological polar surface area (TPSA) is 54.8 Å². The maximum Gasteiger partial charge on any atom is 0.266 e. The highest BCUT2D eigenvalue weighted by Gasteiger charge is 2.32. The lowest BCUT2D eigenvalue weighted by Crippen LogP contribution is -2.30. The second-order valence-electron chi connectivity index (χ2n) is 8.58. The summed E-state index contributed by atoms with van der Waals surface area (Å²) >= 11 is 10.4. The number of halogens is 1. The van der Waals surface area contributed by atoms with Crippen molar-refractivity contribution in [1.29, 1.82) is 0 Å². The monoisotopic (exact) mass is 569 g/mol. The number of hydrogen-bond donors (Lipinski definition) is 0. The average molecular weight is 571 g/mol. The number of aromatic nitrogens is 1. The van der Waals surface area contributed by atoms with Gasteiger partial charge in [0.1, 0.15) is 16.6 Å². The van der Waals surface area contributed by atoms with Gasteiger partial charge in [-0.2, -0.15) is 0 Å². The lowest BCUT2D eigenvalue weighted by molar-refractivity contribution is -0.130. The molecule has 0 N–H and O–H groups in total. The molecule has 5 rings (SSSR count). The zero-order chi connectivity index (χ0) is 24.5. The number of likely N-dealkylation sites (tertiary alicyclic amines) is 1. The molecule has 2 fully saturated rings. The number of fused-ring (bicyclic) bond motifs is 1. The number of benzene rings is 2. The first-order valence-electron chi connectivity index (χ1n) is 11.4. The molecule has 0 spiro atoms. The van der Waals surface area contributed by atoms with Crippen molar-refractivity contribution < 1.29 is 14.3 Å². The van der Waals surface area contributed by atoms with Gasteiger partial charge in [-0.1, -0.05) is 52.0 Å². The van der Waals surface area contributed by atoms with Gasteiger partial charge in [0.15, 0.2) is 0 Å². The SMILES string of the molecule is COc1ccc(CN2C(=O)/C(=C/c3cn(CC(=O)N4CCCC4)c4ccc(Br)cc34)SC2=S)cc1. The molecule has 2 aliphatic heterocycles. The molecule has 35 heavy (non-hydrogen) atoms. The van der Waals surface area contributed by atoms with E-state index in [4.69, 9.17) is 17.0 Å². The molecule has 3 heterocycles. The van der Waals surface area contributed by atoms with Gasteiger partial charge in [-0.25, -0.2) is 0 Å². The Labute approximate surface area is 222 Å². The van der Waals surface area contributed by atoms with Crippen molar-refractivity contribution in [2.75, 3.05) is 20.2 Å². The van der Waals surface area contributed by atoms with E-state index in [0.29, 0.717) is 15.8 Å². The second-order valence-corrected chi connectivity index (χ2v) is 11.2. The number of nitrogens with zero attached hydrogens (tertiary/aromatic N) is 3. The van der Waals surface area contributed by atoms with Gasteiger partial charge in [0.2, 0.25) is 5.91 Å². The van der Waals surface area contributed by atoms with Crippen LogP contribution in [-0.2, 0) is 22.7 Å². The molecule has 2 aliphatic rings. The van der Waals surface area contributed by atoms with Gasteiger partial charge in [0.25, 0.3) is 5.91 Å². The van der Waals surface area contributed by atoms with Gasteiger partial charge in [-0.15, -0.1) is 0 Å². The fourth-order valence-corrected chi connectivity index (χ4v) is 6.05. The summed E-state index contributed by atoms with van der Waals surface area (Å²) in [5.74, 6) is 0.782. The molecule has 2 saturated heterocycles. The second kappa shape index (κ2) is 10.2. The van der Waals surface area contributed by atoms with Crippen LogP contribution in [0.25, 0.3) is 17.0 Å². The van der Waals surface area contributed by atoms with E-state index >= 15 is 0 Å². The van der Waals surface area contributed by atoms with Crippen molar-refractivity contribution in [2.24, 2.45) is 0 Å². The Morgan fingerprint density at radius 3 is 2.63 bits per heavy atom. The highest BCUT2D eigenvalue weighted by atomic mass is 79.9.